The molecule has 0 spiro atoms. The summed E-state index contributed by atoms with van der Waals surface area (Å²) in [5.74, 6) is -1.22. The normalized spacial score (nSPS) is 11.3. The van der Waals surface area contributed by atoms with Gasteiger partial charge in [0.05, 0.1) is 12.1 Å². The molecule has 94 valence electrons. The van der Waals surface area contributed by atoms with Crippen molar-refractivity contribution < 1.29 is 19.2 Å². The van der Waals surface area contributed by atoms with Gasteiger partial charge in [-0.05, 0) is 20.8 Å². The van der Waals surface area contributed by atoms with E-state index in [1.165, 1.54) is 11.0 Å². The number of carbonyl (C=O) groups is 2. The Morgan fingerprint density at radius 1 is 1.53 bits per heavy atom. The quantitative estimate of drug-likeness (QED) is 0.857. The van der Waals surface area contributed by atoms with E-state index in [1.54, 1.807) is 27.8 Å². The van der Waals surface area contributed by atoms with E-state index in [0.29, 0.717) is 5.69 Å². The van der Waals surface area contributed by atoms with Crippen LogP contribution in [0.3, 0.4) is 0 Å². The van der Waals surface area contributed by atoms with Gasteiger partial charge in [-0.1, -0.05) is 5.16 Å². The molecule has 1 amide bonds. The first-order valence-corrected chi connectivity index (χ1v) is 5.17. The second-order valence-electron chi connectivity index (χ2n) is 4.58. The number of amides is 1. The van der Waals surface area contributed by atoms with E-state index in [-0.39, 0.29) is 18.1 Å². The van der Waals surface area contributed by atoms with Crippen molar-refractivity contribution in [1.29, 1.82) is 0 Å². The van der Waals surface area contributed by atoms with Crippen LogP contribution < -0.4 is 0 Å². The monoisotopic (exact) mass is 240 g/mol. The van der Waals surface area contributed by atoms with Gasteiger partial charge in [-0.25, -0.2) is 0 Å². The van der Waals surface area contributed by atoms with Gasteiger partial charge in [-0.2, -0.15) is 0 Å². The van der Waals surface area contributed by atoms with Crippen molar-refractivity contribution in [3.63, 3.8) is 0 Å². The number of hydrogen-bond acceptors (Lipinski definition) is 4. The number of carboxylic acids is 1. The molecule has 1 N–H and O–H groups in total. The molecule has 0 saturated carbocycles. The van der Waals surface area contributed by atoms with Crippen molar-refractivity contribution >= 4 is 11.9 Å². The predicted molar refractivity (Wildman–Crippen MR) is 59.7 cm³/mol. The maximum atomic E-state index is 12.0. The maximum Gasteiger partial charge on any atom is 0.305 e. The van der Waals surface area contributed by atoms with E-state index in [1.807, 2.05) is 0 Å². The van der Waals surface area contributed by atoms with Crippen LogP contribution in [0, 0.1) is 6.92 Å². The van der Waals surface area contributed by atoms with E-state index in [0.717, 1.165) is 0 Å². The van der Waals surface area contributed by atoms with Crippen LogP contribution in [-0.4, -0.2) is 39.6 Å². The van der Waals surface area contributed by atoms with Crippen molar-refractivity contribution in [3.8, 4) is 0 Å². The van der Waals surface area contributed by atoms with Crippen molar-refractivity contribution in [1.82, 2.24) is 10.1 Å². The average molecular weight is 240 g/mol. The molecule has 1 aromatic rings. The number of carbonyl (C=O) groups excluding carboxylic acids is 1. The van der Waals surface area contributed by atoms with E-state index in [4.69, 9.17) is 9.63 Å². The molecule has 0 saturated heterocycles. The summed E-state index contributed by atoms with van der Waals surface area (Å²) in [7, 11) is 1.54. The standard InChI is InChI=1S/C11H16N2O4/c1-7-5-8(17-12-7)10(16)13(4)11(2,3)6-9(14)15/h5H,6H2,1-4H3,(H,14,15). The Bertz CT molecular complexity index is 436. The smallest absolute Gasteiger partial charge is 0.305 e. The third-order valence-corrected chi connectivity index (χ3v) is 2.64. The average Bonchev–Trinajstić information content (AvgIpc) is 2.60. The molecule has 1 aromatic heterocycles. The second-order valence-corrected chi connectivity index (χ2v) is 4.58. The van der Waals surface area contributed by atoms with Gasteiger partial charge < -0.3 is 14.5 Å². The van der Waals surface area contributed by atoms with Gasteiger partial charge in [0.1, 0.15) is 0 Å². The number of hydrogen-bond donors (Lipinski definition) is 1. The van der Waals surface area contributed by atoms with Gasteiger partial charge in [0, 0.05) is 18.7 Å². The molecule has 0 aliphatic rings. The van der Waals surface area contributed by atoms with Crippen LogP contribution in [0.2, 0.25) is 0 Å². The number of aliphatic carboxylic acids is 1. The zero-order valence-electron chi connectivity index (χ0n) is 10.4. The maximum absolute atomic E-state index is 12.0. The van der Waals surface area contributed by atoms with Crippen LogP contribution >= 0.6 is 0 Å². The third-order valence-electron chi connectivity index (χ3n) is 2.64. The molecule has 17 heavy (non-hydrogen) atoms. The van der Waals surface area contributed by atoms with Crippen molar-refractivity contribution in [2.24, 2.45) is 0 Å². The van der Waals surface area contributed by atoms with Crippen LogP contribution in [0.25, 0.3) is 0 Å². The molecule has 1 rings (SSSR count). The first-order valence-electron chi connectivity index (χ1n) is 5.17. The Morgan fingerprint density at radius 2 is 2.12 bits per heavy atom. The molecule has 6 heteroatoms. The highest BCUT2D eigenvalue weighted by atomic mass is 16.5. The molecule has 6 nitrogen and oxygen atoms in total. The molecule has 0 bridgehead atoms. The summed E-state index contributed by atoms with van der Waals surface area (Å²) >= 11 is 0. The number of carboxylic acid groups (broad SMARTS) is 1. The molecule has 0 aliphatic carbocycles. The minimum absolute atomic E-state index is 0.114. The van der Waals surface area contributed by atoms with E-state index in [9.17, 15) is 9.59 Å². The largest absolute Gasteiger partial charge is 0.481 e. The highest BCUT2D eigenvalue weighted by molar-refractivity contribution is 5.92. The first kappa shape index (κ1) is 13.2. The summed E-state index contributed by atoms with van der Waals surface area (Å²) in [6.07, 6.45) is -0.137. The fraction of sp³-hybridized carbons (Fsp3) is 0.545. The summed E-state index contributed by atoms with van der Waals surface area (Å²) in [6, 6.07) is 1.52. The Kier molecular flexibility index (Phi) is 3.55. The first-order chi connectivity index (χ1) is 7.74. The highest BCUT2D eigenvalue weighted by Gasteiger charge is 2.32. The number of aromatic nitrogens is 1. The zero-order chi connectivity index (χ0) is 13.2. The molecule has 0 aromatic carbocycles. The number of aryl methyl sites for hydroxylation is 1. The minimum atomic E-state index is -0.955. The van der Waals surface area contributed by atoms with Crippen LogP contribution in [0.5, 0.6) is 0 Å². The Morgan fingerprint density at radius 3 is 2.53 bits per heavy atom. The van der Waals surface area contributed by atoms with Gasteiger partial charge in [0.25, 0.3) is 5.91 Å². The van der Waals surface area contributed by atoms with Crippen LogP contribution in [0.1, 0.15) is 36.5 Å². The molecular weight excluding hydrogens is 224 g/mol. The van der Waals surface area contributed by atoms with E-state index >= 15 is 0 Å². The number of rotatable bonds is 4. The van der Waals surface area contributed by atoms with Gasteiger partial charge in [0.15, 0.2) is 0 Å². The van der Waals surface area contributed by atoms with Crippen LogP contribution in [-0.2, 0) is 4.79 Å². The van der Waals surface area contributed by atoms with Gasteiger partial charge in [-0.15, -0.1) is 0 Å². The summed E-state index contributed by atoms with van der Waals surface area (Å²) < 4.78 is 4.86. The lowest BCUT2D eigenvalue weighted by Crippen LogP contribution is -2.46. The summed E-state index contributed by atoms with van der Waals surface area (Å²) in [5.41, 5.74) is -0.179. The molecule has 0 unspecified atom stereocenters. The highest BCUT2D eigenvalue weighted by Crippen LogP contribution is 2.20. The third kappa shape index (κ3) is 3.05. The lowest BCUT2D eigenvalue weighted by molar-refractivity contribution is -0.139. The van der Waals surface area contributed by atoms with Crippen molar-refractivity contribution in [2.75, 3.05) is 7.05 Å². The Labute approximate surface area is 99.2 Å². The Balaban J connectivity index is 2.86. The van der Waals surface area contributed by atoms with E-state index < -0.39 is 11.5 Å². The van der Waals surface area contributed by atoms with Gasteiger partial charge in [0.2, 0.25) is 5.76 Å². The fourth-order valence-corrected chi connectivity index (χ4v) is 1.39. The topological polar surface area (TPSA) is 83.6 Å². The minimum Gasteiger partial charge on any atom is -0.481 e. The SMILES string of the molecule is Cc1cc(C(=O)N(C)C(C)(C)CC(=O)O)on1. The molecule has 0 atom stereocenters. The molecule has 1 heterocycles. The summed E-state index contributed by atoms with van der Waals surface area (Å²) in [5, 5.41) is 12.4. The van der Waals surface area contributed by atoms with Crippen LogP contribution in [0.15, 0.2) is 10.6 Å². The molecular formula is C11H16N2O4. The fourth-order valence-electron chi connectivity index (χ4n) is 1.39. The molecule has 0 aliphatic heterocycles. The molecule has 0 fully saturated rings. The van der Waals surface area contributed by atoms with Gasteiger partial charge in [-0.3, -0.25) is 9.59 Å². The zero-order valence-corrected chi connectivity index (χ0v) is 10.4. The second kappa shape index (κ2) is 4.57. The van der Waals surface area contributed by atoms with Crippen molar-refractivity contribution in [3.05, 3.63) is 17.5 Å². The Hall–Kier alpha value is -1.85. The number of nitrogens with zero attached hydrogens (tertiary/aromatic N) is 2. The lowest BCUT2D eigenvalue weighted by atomic mass is 9.98. The predicted octanol–water partition coefficient (Wildman–Crippen LogP) is 1.31. The van der Waals surface area contributed by atoms with Gasteiger partial charge >= 0.3 is 5.97 Å². The summed E-state index contributed by atoms with van der Waals surface area (Å²) in [4.78, 5) is 24.0. The van der Waals surface area contributed by atoms with Crippen LogP contribution in [0.4, 0.5) is 0 Å². The van der Waals surface area contributed by atoms with Crippen molar-refractivity contribution in [2.45, 2.75) is 32.7 Å². The van der Waals surface area contributed by atoms with E-state index in [2.05, 4.69) is 5.16 Å². The summed E-state index contributed by atoms with van der Waals surface area (Å²) in [6.45, 7) is 5.08. The molecule has 0 radical (unpaired) electrons. The lowest BCUT2D eigenvalue weighted by Gasteiger charge is -2.33.